The van der Waals surface area contributed by atoms with Crippen LogP contribution >= 0.6 is 0 Å². The molecule has 2 fully saturated rings. The number of aromatic nitrogens is 1. The van der Waals surface area contributed by atoms with Gasteiger partial charge in [0.05, 0.1) is 17.2 Å². The van der Waals surface area contributed by atoms with Crippen LogP contribution in [0, 0.1) is 17.8 Å². The van der Waals surface area contributed by atoms with Crippen LogP contribution in [0.15, 0.2) is 89.2 Å². The fourth-order valence-corrected chi connectivity index (χ4v) is 8.51. The third-order valence-electron chi connectivity index (χ3n) is 10.1. The third kappa shape index (κ3) is 9.26. The molecule has 3 amide bonds. The summed E-state index contributed by atoms with van der Waals surface area (Å²) in [6.07, 6.45) is 7.99. The first-order chi connectivity index (χ1) is 24.1. The lowest BCUT2D eigenvalue weighted by Crippen LogP contribution is -2.50. The number of nitrogens with two attached hydrogens (primary N) is 1. The van der Waals surface area contributed by atoms with Crippen molar-refractivity contribution in [1.29, 1.82) is 0 Å². The molecule has 0 radical (unpaired) electrons. The fourth-order valence-electron chi connectivity index (χ4n) is 6.97. The highest BCUT2D eigenvalue weighted by atomic mass is 32.2. The maximum absolute atomic E-state index is 14.0. The zero-order valence-corrected chi connectivity index (χ0v) is 29.3. The standard InChI is InChI=1S/C37H48N6O6S/c1-27(35(36(38)45)43-20-19-41(37(43)46)24-31-11-6-18-39-22-31)12-15-32(21-28-7-3-2-4-8-28)34(44)26-42(25-30-9-5-10-30)50(48,49)33-16-13-29(14-17-33)23-40-47/h2-4,6-8,11,13-14,16-18,22-23,27,30,32,34-35,44,47H,5,9-10,12,15,19-21,24-26H2,1H3,(H2,38,45)/t27?,32-,34-,35?/m0/s1. The minimum atomic E-state index is -3.95. The number of primary amides is 1. The largest absolute Gasteiger partial charge is 0.411 e. The number of aliphatic hydroxyl groups excluding tert-OH is 1. The number of carbonyl (C=O) groups excluding carboxylic acids is 2. The molecule has 1 aromatic heterocycles. The van der Waals surface area contributed by atoms with Crippen molar-refractivity contribution in [3.8, 4) is 0 Å². The summed E-state index contributed by atoms with van der Waals surface area (Å²) >= 11 is 0. The first-order valence-electron chi connectivity index (χ1n) is 17.3. The first kappa shape index (κ1) is 36.9. The van der Waals surface area contributed by atoms with Crippen molar-refractivity contribution >= 4 is 28.2 Å². The highest BCUT2D eigenvalue weighted by molar-refractivity contribution is 7.89. The number of benzene rings is 2. The molecular formula is C37H48N6O6S. The van der Waals surface area contributed by atoms with E-state index in [1.54, 1.807) is 34.3 Å². The highest BCUT2D eigenvalue weighted by Gasteiger charge is 2.40. The maximum Gasteiger partial charge on any atom is 0.321 e. The Morgan fingerprint density at radius 3 is 2.40 bits per heavy atom. The number of carbonyl (C=O) groups is 2. The van der Waals surface area contributed by atoms with Gasteiger partial charge in [0.15, 0.2) is 0 Å². The molecule has 13 heteroatoms. The number of urea groups is 1. The van der Waals surface area contributed by atoms with Gasteiger partial charge in [-0.15, -0.1) is 0 Å². The Kier molecular flexibility index (Phi) is 12.6. The molecule has 2 aliphatic rings. The minimum absolute atomic E-state index is 0.0856. The molecule has 50 heavy (non-hydrogen) atoms. The van der Waals surface area contributed by atoms with Crippen LogP contribution in [-0.4, -0.2) is 94.3 Å². The Bertz CT molecular complexity index is 1690. The number of hydrogen-bond donors (Lipinski definition) is 3. The van der Waals surface area contributed by atoms with Crippen molar-refractivity contribution in [2.45, 2.75) is 69.0 Å². The molecule has 12 nitrogen and oxygen atoms in total. The molecule has 5 rings (SSSR count). The SMILES string of the molecule is CC(CC[C@@H](Cc1ccccc1)[C@@H](O)CN(CC1CCC1)S(=O)(=O)c1ccc(C=NO)cc1)C(C(N)=O)N1CCN(Cc2cccnc2)C1=O. The van der Waals surface area contributed by atoms with Gasteiger partial charge in [-0.1, -0.05) is 67.0 Å². The van der Waals surface area contributed by atoms with Crippen LogP contribution in [-0.2, 0) is 27.8 Å². The Hall–Kier alpha value is -4.33. The van der Waals surface area contributed by atoms with Gasteiger partial charge >= 0.3 is 6.03 Å². The van der Waals surface area contributed by atoms with E-state index in [2.05, 4.69) is 10.1 Å². The lowest BCUT2D eigenvalue weighted by molar-refractivity contribution is -0.123. The molecule has 4 N–H and O–H groups in total. The van der Waals surface area contributed by atoms with Crippen molar-refractivity contribution in [2.24, 2.45) is 28.6 Å². The van der Waals surface area contributed by atoms with E-state index in [0.717, 1.165) is 30.4 Å². The molecule has 2 heterocycles. The molecule has 1 saturated heterocycles. The lowest BCUT2D eigenvalue weighted by atomic mass is 9.84. The predicted molar refractivity (Wildman–Crippen MR) is 190 cm³/mol. The monoisotopic (exact) mass is 704 g/mol. The van der Waals surface area contributed by atoms with Crippen LogP contribution in [0.2, 0.25) is 0 Å². The normalized spacial score (nSPS) is 17.9. The minimum Gasteiger partial charge on any atom is -0.411 e. The second-order valence-electron chi connectivity index (χ2n) is 13.6. The van der Waals surface area contributed by atoms with Gasteiger partial charge in [-0.25, -0.2) is 13.2 Å². The van der Waals surface area contributed by atoms with E-state index in [9.17, 15) is 23.1 Å². The second-order valence-corrected chi connectivity index (χ2v) is 15.5. The van der Waals surface area contributed by atoms with E-state index in [-0.39, 0.29) is 35.2 Å². The van der Waals surface area contributed by atoms with Gasteiger partial charge in [0.2, 0.25) is 15.9 Å². The van der Waals surface area contributed by atoms with Gasteiger partial charge in [-0.05, 0) is 84.7 Å². The van der Waals surface area contributed by atoms with Crippen molar-refractivity contribution in [2.75, 3.05) is 26.2 Å². The van der Waals surface area contributed by atoms with Crippen LogP contribution < -0.4 is 5.73 Å². The summed E-state index contributed by atoms with van der Waals surface area (Å²) in [6.45, 7) is 3.34. The zero-order valence-electron chi connectivity index (χ0n) is 28.5. The number of nitrogens with zero attached hydrogens (tertiary/aromatic N) is 5. The number of hydrogen-bond acceptors (Lipinski definition) is 8. The van der Waals surface area contributed by atoms with Gasteiger partial charge in [0.25, 0.3) is 0 Å². The smallest absolute Gasteiger partial charge is 0.321 e. The van der Waals surface area contributed by atoms with Crippen LogP contribution in [0.1, 0.15) is 55.7 Å². The molecule has 2 unspecified atom stereocenters. The van der Waals surface area contributed by atoms with Crippen LogP contribution in [0.4, 0.5) is 4.79 Å². The Morgan fingerprint density at radius 1 is 1.06 bits per heavy atom. The van der Waals surface area contributed by atoms with Crippen LogP contribution in [0.3, 0.4) is 0 Å². The number of sulfonamides is 1. The van der Waals surface area contributed by atoms with Gasteiger partial charge < -0.3 is 25.8 Å². The highest BCUT2D eigenvalue weighted by Crippen LogP contribution is 2.31. The number of rotatable bonds is 18. The number of amides is 3. The van der Waals surface area contributed by atoms with Crippen molar-refractivity contribution in [3.05, 3.63) is 95.8 Å². The van der Waals surface area contributed by atoms with Gasteiger partial charge in [-0.2, -0.15) is 4.31 Å². The van der Waals surface area contributed by atoms with E-state index in [0.29, 0.717) is 51.0 Å². The van der Waals surface area contributed by atoms with E-state index >= 15 is 0 Å². The molecule has 1 aliphatic heterocycles. The van der Waals surface area contributed by atoms with Crippen molar-refractivity contribution in [3.63, 3.8) is 0 Å². The van der Waals surface area contributed by atoms with Gasteiger partial charge in [0.1, 0.15) is 6.04 Å². The summed E-state index contributed by atoms with van der Waals surface area (Å²) in [5, 5.41) is 23.7. The number of pyridine rings is 1. The molecule has 4 atom stereocenters. The molecule has 0 bridgehead atoms. The second kappa shape index (κ2) is 17.1. The number of oxime groups is 1. The molecule has 0 spiro atoms. The third-order valence-corrected chi connectivity index (χ3v) is 11.9. The molecule has 1 aliphatic carbocycles. The first-order valence-corrected chi connectivity index (χ1v) is 18.7. The van der Waals surface area contributed by atoms with Gasteiger partial charge in [-0.3, -0.25) is 9.78 Å². The van der Waals surface area contributed by atoms with Crippen LogP contribution in [0.25, 0.3) is 0 Å². The predicted octanol–water partition coefficient (Wildman–Crippen LogP) is 4.11. The van der Waals surface area contributed by atoms with Crippen molar-refractivity contribution < 1.29 is 28.3 Å². The van der Waals surface area contributed by atoms with Crippen molar-refractivity contribution in [1.82, 2.24) is 19.1 Å². The quantitative estimate of drug-likeness (QED) is 0.102. The average Bonchev–Trinajstić information content (AvgIpc) is 3.43. The summed E-state index contributed by atoms with van der Waals surface area (Å²) in [5.41, 5.74) is 8.38. The molecule has 1 saturated carbocycles. The Morgan fingerprint density at radius 2 is 1.78 bits per heavy atom. The summed E-state index contributed by atoms with van der Waals surface area (Å²) in [7, 11) is -3.95. The molecule has 3 aromatic rings. The summed E-state index contributed by atoms with van der Waals surface area (Å²) in [6, 6.07) is 18.5. The van der Waals surface area contributed by atoms with Crippen LogP contribution in [0.5, 0.6) is 0 Å². The lowest BCUT2D eigenvalue weighted by Gasteiger charge is -2.35. The fraction of sp³-hybridized carbons (Fsp3) is 0.459. The Labute approximate surface area is 294 Å². The zero-order chi connectivity index (χ0) is 35.7. The summed E-state index contributed by atoms with van der Waals surface area (Å²) < 4.78 is 29.4. The topological polar surface area (TPSA) is 170 Å². The average molecular weight is 705 g/mol. The summed E-state index contributed by atoms with van der Waals surface area (Å²) in [4.78, 5) is 33.8. The number of aliphatic hydroxyl groups is 1. The van der Waals surface area contributed by atoms with E-state index < -0.39 is 28.1 Å². The maximum atomic E-state index is 14.0. The molecular weight excluding hydrogens is 657 g/mol. The Balaban J connectivity index is 1.31. The molecule has 2 aromatic carbocycles. The van der Waals surface area contributed by atoms with E-state index in [4.69, 9.17) is 10.9 Å². The van der Waals surface area contributed by atoms with E-state index in [1.165, 1.54) is 22.7 Å². The van der Waals surface area contributed by atoms with Gasteiger partial charge in [0, 0.05) is 45.1 Å². The van der Waals surface area contributed by atoms with E-state index in [1.807, 2.05) is 49.4 Å². The molecule has 268 valence electrons. The summed E-state index contributed by atoms with van der Waals surface area (Å²) in [5.74, 6) is -1.01.